The molecule has 7 nitrogen and oxygen atoms in total. The van der Waals surface area contributed by atoms with E-state index in [0.29, 0.717) is 37.4 Å². The topological polar surface area (TPSA) is 87.9 Å². The molecule has 1 saturated heterocycles. The molecule has 0 radical (unpaired) electrons. The van der Waals surface area contributed by atoms with Gasteiger partial charge < -0.3 is 14.2 Å². The van der Waals surface area contributed by atoms with Gasteiger partial charge in [-0.2, -0.15) is 0 Å². The normalized spacial score (nSPS) is 32.5. The molecule has 26 heavy (non-hydrogen) atoms. The van der Waals surface area contributed by atoms with E-state index < -0.39 is 17.4 Å². The highest BCUT2D eigenvalue weighted by Crippen LogP contribution is 2.59. The number of hydrogen-bond acceptors (Lipinski definition) is 6. The van der Waals surface area contributed by atoms with Gasteiger partial charge in [0, 0.05) is 29.1 Å². The zero-order valence-corrected chi connectivity index (χ0v) is 14.8. The quantitative estimate of drug-likeness (QED) is 0.436. The van der Waals surface area contributed by atoms with Gasteiger partial charge in [0.15, 0.2) is 0 Å². The number of ether oxygens (including phenoxy) is 3. The van der Waals surface area contributed by atoms with Crippen LogP contribution in [0.25, 0.3) is 0 Å². The minimum Gasteiger partial charge on any atom is -0.496 e. The molecule has 138 valence electrons. The number of methoxy groups -OCH3 is 1. The minimum absolute atomic E-state index is 0.0554. The van der Waals surface area contributed by atoms with Crippen molar-refractivity contribution in [3.63, 3.8) is 0 Å². The van der Waals surface area contributed by atoms with Gasteiger partial charge in [0.25, 0.3) is 0 Å². The van der Waals surface area contributed by atoms with Gasteiger partial charge in [0.05, 0.1) is 19.6 Å². The third-order valence-electron chi connectivity index (χ3n) is 5.72. The Bertz CT molecular complexity index is 805. The molecule has 0 bridgehead atoms. The van der Waals surface area contributed by atoms with Crippen LogP contribution in [0.2, 0.25) is 0 Å². The van der Waals surface area contributed by atoms with Crippen LogP contribution < -0.4 is 0 Å². The molecule has 3 aliphatic carbocycles. The van der Waals surface area contributed by atoms with E-state index in [1.807, 2.05) is 25.2 Å². The zero-order chi connectivity index (χ0) is 18.5. The van der Waals surface area contributed by atoms with Gasteiger partial charge in [-0.1, -0.05) is 6.08 Å². The van der Waals surface area contributed by atoms with Crippen LogP contribution in [0.3, 0.4) is 0 Å². The van der Waals surface area contributed by atoms with Crippen LogP contribution in [0.5, 0.6) is 0 Å². The van der Waals surface area contributed by atoms with Gasteiger partial charge in [0.2, 0.25) is 6.04 Å². The number of nitrogens with zero attached hydrogens (tertiary/aromatic N) is 1. The SMILES string of the molecule is CCOC1CC=C2OC(=O)CC34C(=CCCC3[N+](=O)[O-])C(OC)=CC1=C24. The van der Waals surface area contributed by atoms with Crippen molar-refractivity contribution in [1.29, 1.82) is 0 Å². The third kappa shape index (κ3) is 2.19. The Morgan fingerprint density at radius 3 is 2.92 bits per heavy atom. The predicted octanol–water partition coefficient (Wildman–Crippen LogP) is 2.82. The second-order valence-corrected chi connectivity index (χ2v) is 6.91. The lowest BCUT2D eigenvalue weighted by molar-refractivity contribution is -0.539. The van der Waals surface area contributed by atoms with Crippen LogP contribution >= 0.6 is 0 Å². The Kier molecular flexibility index (Phi) is 3.99. The van der Waals surface area contributed by atoms with Gasteiger partial charge in [0.1, 0.15) is 16.9 Å². The van der Waals surface area contributed by atoms with Crippen molar-refractivity contribution in [1.82, 2.24) is 0 Å². The maximum absolute atomic E-state index is 12.4. The molecule has 1 heterocycles. The molecular weight excluding hydrogens is 338 g/mol. The molecule has 0 aromatic carbocycles. The maximum Gasteiger partial charge on any atom is 0.312 e. The van der Waals surface area contributed by atoms with Crippen molar-refractivity contribution in [2.75, 3.05) is 13.7 Å². The molecule has 3 unspecified atom stereocenters. The first kappa shape index (κ1) is 17.0. The average molecular weight is 359 g/mol. The fraction of sp³-hybridized carbons (Fsp3) is 0.526. The smallest absolute Gasteiger partial charge is 0.312 e. The van der Waals surface area contributed by atoms with Crippen LogP contribution in [0, 0.1) is 15.5 Å². The summed E-state index contributed by atoms with van der Waals surface area (Å²) in [5.41, 5.74) is 1.25. The number of esters is 1. The summed E-state index contributed by atoms with van der Waals surface area (Å²) in [4.78, 5) is 24.1. The van der Waals surface area contributed by atoms with E-state index in [0.717, 1.165) is 16.7 Å². The summed E-state index contributed by atoms with van der Waals surface area (Å²) in [6.07, 6.45) is 6.93. The van der Waals surface area contributed by atoms with E-state index >= 15 is 0 Å². The highest BCUT2D eigenvalue weighted by atomic mass is 16.6. The lowest BCUT2D eigenvalue weighted by Crippen LogP contribution is -2.52. The molecule has 0 aromatic rings. The molecule has 7 heteroatoms. The highest BCUT2D eigenvalue weighted by Gasteiger charge is 2.62. The van der Waals surface area contributed by atoms with Gasteiger partial charge in [-0.3, -0.25) is 14.9 Å². The van der Waals surface area contributed by atoms with Crippen molar-refractivity contribution < 1.29 is 23.9 Å². The zero-order valence-electron chi connectivity index (χ0n) is 14.8. The first-order valence-corrected chi connectivity index (χ1v) is 8.90. The average Bonchev–Trinajstić information content (AvgIpc) is 2.61. The number of nitro groups is 1. The second kappa shape index (κ2) is 6.09. The molecule has 4 rings (SSSR count). The molecular formula is C19H21NO6. The van der Waals surface area contributed by atoms with Crippen molar-refractivity contribution in [2.45, 2.75) is 44.8 Å². The number of carbonyl (C=O) groups excluding carboxylic acids is 1. The van der Waals surface area contributed by atoms with E-state index in [1.54, 1.807) is 7.11 Å². The van der Waals surface area contributed by atoms with Crippen molar-refractivity contribution in [2.24, 2.45) is 5.41 Å². The lowest BCUT2D eigenvalue weighted by Gasteiger charge is -2.48. The number of carbonyl (C=O) groups is 1. The van der Waals surface area contributed by atoms with Crippen LogP contribution in [-0.4, -0.2) is 36.8 Å². The van der Waals surface area contributed by atoms with Gasteiger partial charge in [-0.05, 0) is 37.5 Å². The summed E-state index contributed by atoms with van der Waals surface area (Å²) >= 11 is 0. The second-order valence-electron chi connectivity index (χ2n) is 6.91. The summed E-state index contributed by atoms with van der Waals surface area (Å²) < 4.78 is 17.0. The number of rotatable bonds is 4. The minimum atomic E-state index is -1.05. The Morgan fingerprint density at radius 1 is 1.42 bits per heavy atom. The molecule has 4 aliphatic rings. The monoisotopic (exact) mass is 359 g/mol. The Balaban J connectivity index is 2.01. The summed E-state index contributed by atoms with van der Waals surface area (Å²) in [6, 6.07) is -0.900. The molecule has 1 fully saturated rings. The molecule has 0 N–H and O–H groups in total. The van der Waals surface area contributed by atoms with E-state index in [1.165, 1.54) is 0 Å². The lowest BCUT2D eigenvalue weighted by atomic mass is 9.56. The van der Waals surface area contributed by atoms with E-state index in [4.69, 9.17) is 14.2 Å². The number of allylic oxidation sites excluding steroid dienone is 3. The Labute approximate surface area is 151 Å². The standard InChI is InChI=1S/C19H21NO6/c1-3-25-13-7-8-14-18-11(13)9-15(24-2)12-5-4-6-16(20(22)23)19(12,18)10-17(21)26-14/h5,8-9,13,16H,3-4,6-7,10H2,1-2H3. The van der Waals surface area contributed by atoms with Gasteiger partial charge >= 0.3 is 5.97 Å². The van der Waals surface area contributed by atoms with E-state index in [-0.39, 0.29) is 17.4 Å². The Hall–Kier alpha value is -2.41. The molecule has 0 aromatic heterocycles. The van der Waals surface area contributed by atoms with Crippen LogP contribution in [-0.2, 0) is 19.0 Å². The maximum atomic E-state index is 12.4. The molecule has 0 saturated carbocycles. The third-order valence-corrected chi connectivity index (χ3v) is 5.72. The fourth-order valence-corrected chi connectivity index (χ4v) is 4.82. The van der Waals surface area contributed by atoms with Crippen molar-refractivity contribution >= 4 is 5.97 Å². The molecule has 1 spiro atoms. The summed E-state index contributed by atoms with van der Waals surface area (Å²) in [6.45, 7) is 2.44. The van der Waals surface area contributed by atoms with Gasteiger partial charge in [-0.15, -0.1) is 0 Å². The van der Waals surface area contributed by atoms with Crippen LogP contribution in [0.15, 0.2) is 46.5 Å². The molecule has 0 amide bonds. The molecule has 1 aliphatic heterocycles. The Morgan fingerprint density at radius 2 is 2.23 bits per heavy atom. The number of hydrogen-bond donors (Lipinski definition) is 0. The van der Waals surface area contributed by atoms with E-state index in [2.05, 4.69) is 0 Å². The summed E-state index contributed by atoms with van der Waals surface area (Å²) in [5.74, 6) is 0.584. The summed E-state index contributed by atoms with van der Waals surface area (Å²) in [7, 11) is 1.55. The highest BCUT2D eigenvalue weighted by molar-refractivity contribution is 5.80. The first-order chi connectivity index (χ1) is 12.5. The predicted molar refractivity (Wildman–Crippen MR) is 91.5 cm³/mol. The largest absolute Gasteiger partial charge is 0.496 e. The van der Waals surface area contributed by atoms with Gasteiger partial charge in [-0.25, -0.2) is 0 Å². The summed E-state index contributed by atoms with van der Waals surface area (Å²) in [5, 5.41) is 12.0. The fourth-order valence-electron chi connectivity index (χ4n) is 4.82. The van der Waals surface area contributed by atoms with E-state index in [9.17, 15) is 14.9 Å². The van der Waals surface area contributed by atoms with Crippen molar-refractivity contribution in [3.8, 4) is 0 Å². The van der Waals surface area contributed by atoms with Crippen LogP contribution in [0.4, 0.5) is 0 Å². The van der Waals surface area contributed by atoms with Crippen LogP contribution in [0.1, 0.15) is 32.6 Å². The van der Waals surface area contributed by atoms with Crippen molar-refractivity contribution in [3.05, 3.63) is 56.6 Å². The molecule has 3 atom stereocenters. The first-order valence-electron chi connectivity index (χ1n) is 8.90.